The Morgan fingerprint density at radius 3 is 2.48 bits per heavy atom. The van der Waals surface area contributed by atoms with Crippen molar-refractivity contribution in [3.8, 4) is 0 Å². The molecule has 2 rings (SSSR count). The van der Waals surface area contributed by atoms with Gasteiger partial charge in [-0.1, -0.05) is 34.9 Å². The molecule has 2 amide bonds. The second kappa shape index (κ2) is 11.0. The molecule has 144 valence electrons. The molecule has 2 unspecified atom stereocenters. The zero-order chi connectivity index (χ0) is 19.3. The van der Waals surface area contributed by atoms with Crippen molar-refractivity contribution in [3.63, 3.8) is 0 Å². The molecule has 0 saturated carbocycles. The van der Waals surface area contributed by atoms with Crippen molar-refractivity contribution in [2.45, 2.75) is 59.3 Å². The predicted octanol–water partition coefficient (Wildman–Crippen LogP) is 0.982. The molecule has 1 fully saturated rings. The van der Waals surface area contributed by atoms with Crippen LogP contribution in [-0.4, -0.2) is 34.3 Å². The molecular weight excluding hydrogens is 353 g/mol. The molecule has 1 saturated heterocycles. The number of carbonyl (C=O) groups is 3. The van der Waals surface area contributed by atoms with Gasteiger partial charge in [0.25, 0.3) is 0 Å². The first-order valence-corrected chi connectivity index (χ1v) is 9.33. The fourth-order valence-corrected chi connectivity index (χ4v) is 3.70. The Labute approximate surface area is 185 Å². The van der Waals surface area contributed by atoms with E-state index in [9.17, 15) is 14.4 Å². The first-order chi connectivity index (χ1) is 12.3. The van der Waals surface area contributed by atoms with Crippen LogP contribution in [0.25, 0.3) is 0 Å². The van der Waals surface area contributed by atoms with Gasteiger partial charge in [0.1, 0.15) is 6.54 Å². The minimum absolute atomic E-state index is 0. The van der Waals surface area contributed by atoms with Gasteiger partial charge in [-0.2, -0.15) is 0 Å². The molecule has 1 aliphatic carbocycles. The van der Waals surface area contributed by atoms with Gasteiger partial charge in [-0.15, -0.1) is 0 Å². The van der Waals surface area contributed by atoms with Gasteiger partial charge in [0.2, 0.25) is 11.8 Å². The van der Waals surface area contributed by atoms with Crippen molar-refractivity contribution in [1.29, 1.82) is 0 Å². The third kappa shape index (κ3) is 6.74. The first kappa shape index (κ1) is 23.9. The van der Waals surface area contributed by atoms with E-state index in [1.807, 2.05) is 0 Å². The zero-order valence-electron chi connectivity index (χ0n) is 18.0. The minimum atomic E-state index is -1.15. The second-order valence-electron chi connectivity index (χ2n) is 7.58. The van der Waals surface area contributed by atoms with E-state index in [1.54, 1.807) is 0 Å². The third-order valence-corrected chi connectivity index (χ3v) is 5.14. The molecule has 0 aromatic carbocycles. The molecule has 0 radical (unpaired) electrons. The summed E-state index contributed by atoms with van der Waals surface area (Å²) < 4.78 is 0. The van der Waals surface area contributed by atoms with Gasteiger partial charge in [0.15, 0.2) is 0 Å². The number of nitrogens with zero attached hydrogens (tertiary/aromatic N) is 1. The second-order valence-corrected chi connectivity index (χ2v) is 7.58. The summed E-state index contributed by atoms with van der Waals surface area (Å²) in [6.45, 7) is 5.84. The zero-order valence-corrected chi connectivity index (χ0v) is 19.0. The van der Waals surface area contributed by atoms with E-state index >= 15 is 0 Å². The van der Waals surface area contributed by atoms with E-state index in [0.717, 1.165) is 30.6 Å². The van der Waals surface area contributed by atoms with E-state index in [2.05, 4.69) is 39.0 Å². The largest absolute Gasteiger partial charge is 1.00 e. The topological polar surface area (TPSA) is 74.7 Å². The fraction of sp³-hybridized carbons (Fsp3) is 0.571. The van der Waals surface area contributed by atoms with Crippen LogP contribution in [0, 0.1) is 11.8 Å². The number of likely N-dealkylation sites (tertiary alicyclic amines) is 1. The number of hydrogen-bond acceptors (Lipinski definition) is 3. The Balaban J connectivity index is 0.00000364. The van der Waals surface area contributed by atoms with Crippen molar-refractivity contribution in [2.75, 3.05) is 6.54 Å². The number of carboxylic acids is 1. The van der Waals surface area contributed by atoms with E-state index in [1.165, 1.54) is 16.7 Å². The molecule has 0 spiro atoms. The maximum absolute atomic E-state index is 12.4. The summed E-state index contributed by atoms with van der Waals surface area (Å²) in [7, 11) is 0. The summed E-state index contributed by atoms with van der Waals surface area (Å²) in [4.78, 5) is 36.4. The molecule has 1 aliphatic heterocycles. The van der Waals surface area contributed by atoms with Gasteiger partial charge in [0, 0.05) is 0 Å². The molecule has 0 aromatic heterocycles. The molecule has 27 heavy (non-hydrogen) atoms. The smallest absolute Gasteiger partial charge is 1.00 e. The van der Waals surface area contributed by atoms with Crippen LogP contribution in [0.15, 0.2) is 34.9 Å². The average Bonchev–Trinajstić information content (AvgIpc) is 2.79. The van der Waals surface area contributed by atoms with Crippen molar-refractivity contribution in [3.05, 3.63) is 34.9 Å². The van der Waals surface area contributed by atoms with Gasteiger partial charge in [0.05, 0.1) is 11.8 Å². The molecule has 6 heteroatoms. The molecule has 2 aliphatic rings. The number of carbonyl (C=O) groups excluding carboxylic acids is 2. The van der Waals surface area contributed by atoms with Crippen LogP contribution >= 0.6 is 0 Å². The minimum Gasteiger partial charge on any atom is -1.00 e. The molecular formula is C21H30NNaO4. The number of fused-ring (bicyclic) bond motifs is 1. The summed E-state index contributed by atoms with van der Waals surface area (Å²) in [6, 6.07) is 0. The monoisotopic (exact) mass is 383 g/mol. The number of aliphatic carboxylic acids is 1. The van der Waals surface area contributed by atoms with Crippen molar-refractivity contribution < 1.29 is 50.5 Å². The Hall–Kier alpha value is -1.17. The predicted molar refractivity (Wildman–Crippen MR) is 101 cm³/mol. The molecule has 0 aromatic rings. The molecule has 2 atom stereocenters. The third-order valence-electron chi connectivity index (χ3n) is 5.14. The number of imide groups is 1. The summed E-state index contributed by atoms with van der Waals surface area (Å²) >= 11 is 0. The summed E-state index contributed by atoms with van der Waals surface area (Å²) in [5.74, 6) is -2.53. The van der Waals surface area contributed by atoms with Gasteiger partial charge in [-0.05, 0) is 59.3 Å². The fourth-order valence-electron chi connectivity index (χ4n) is 3.70. The normalized spacial score (nSPS) is 22.1. The first-order valence-electron chi connectivity index (χ1n) is 9.33. The standard InChI is InChI=1S/C21H29NO4.Na.H/c1-14(2)6-4-7-15(3)8-5-9-16-10-11-17-18(12-16)21(26)22(20(17)25)13-19(23)24;;/h6,8,10,17-18H,4-5,7,9,11-13H2,1-3H3,(H,23,24);;/q;+1;-1/b15-8+;;. The van der Waals surface area contributed by atoms with Crippen LogP contribution in [0.4, 0.5) is 0 Å². The van der Waals surface area contributed by atoms with Crippen molar-refractivity contribution >= 4 is 17.8 Å². The van der Waals surface area contributed by atoms with E-state index < -0.39 is 12.5 Å². The molecule has 5 nitrogen and oxygen atoms in total. The summed E-state index contributed by atoms with van der Waals surface area (Å²) in [5, 5.41) is 8.89. The molecule has 0 bridgehead atoms. The Morgan fingerprint density at radius 1 is 1.19 bits per heavy atom. The van der Waals surface area contributed by atoms with Crippen LogP contribution in [0.1, 0.15) is 60.7 Å². The number of carboxylic acid groups (broad SMARTS) is 1. The number of amides is 2. The maximum Gasteiger partial charge on any atom is 1.00 e. The molecule has 1 N–H and O–H groups in total. The number of hydrogen-bond donors (Lipinski definition) is 1. The van der Waals surface area contributed by atoms with E-state index in [-0.39, 0.29) is 54.6 Å². The average molecular weight is 383 g/mol. The van der Waals surface area contributed by atoms with Crippen LogP contribution in [0.2, 0.25) is 0 Å². The summed E-state index contributed by atoms with van der Waals surface area (Å²) in [5.41, 5.74) is 3.92. The maximum atomic E-state index is 12.4. The van der Waals surface area contributed by atoms with E-state index in [4.69, 9.17) is 5.11 Å². The van der Waals surface area contributed by atoms with Crippen LogP contribution in [0.3, 0.4) is 0 Å². The number of rotatable bonds is 8. The Kier molecular flexibility index (Phi) is 9.71. The van der Waals surface area contributed by atoms with Crippen molar-refractivity contribution in [1.82, 2.24) is 4.90 Å². The van der Waals surface area contributed by atoms with Gasteiger partial charge < -0.3 is 6.53 Å². The van der Waals surface area contributed by atoms with Crippen LogP contribution < -0.4 is 29.6 Å². The SMILES string of the molecule is CC(C)=CCC/C(C)=C/CCC1=CCC2C(=O)N(CC(=O)O)C(=O)C2C1.[H-].[Na+]. The van der Waals surface area contributed by atoms with Crippen molar-refractivity contribution in [2.24, 2.45) is 11.8 Å². The van der Waals surface area contributed by atoms with Crippen LogP contribution in [0.5, 0.6) is 0 Å². The van der Waals surface area contributed by atoms with Gasteiger partial charge >= 0.3 is 35.5 Å². The summed E-state index contributed by atoms with van der Waals surface area (Å²) in [6.07, 6.45) is 11.6. The quantitative estimate of drug-likeness (QED) is 0.385. The Bertz CT molecular complexity index is 680. The van der Waals surface area contributed by atoms with Gasteiger partial charge in [-0.3, -0.25) is 19.3 Å². The number of allylic oxidation sites excluding steroid dienone is 6. The molecule has 1 heterocycles. The van der Waals surface area contributed by atoms with Gasteiger partial charge in [-0.25, -0.2) is 0 Å². The van der Waals surface area contributed by atoms with Crippen LogP contribution in [-0.2, 0) is 14.4 Å². The Morgan fingerprint density at radius 2 is 1.85 bits per heavy atom. The van der Waals surface area contributed by atoms with E-state index in [0.29, 0.717) is 12.8 Å².